The maximum absolute atomic E-state index is 12.6. The van der Waals surface area contributed by atoms with Gasteiger partial charge in [-0.2, -0.15) is 0 Å². The molecular formula is C6H9BF5K. The normalized spacial score (nSPS) is 27.0. The fourth-order valence-corrected chi connectivity index (χ4v) is 1.61. The van der Waals surface area contributed by atoms with Crippen LogP contribution in [0.5, 0.6) is 0 Å². The van der Waals surface area contributed by atoms with E-state index in [1.807, 2.05) is 0 Å². The summed E-state index contributed by atoms with van der Waals surface area (Å²) in [6, 6.07) is 0. The van der Waals surface area contributed by atoms with Crippen molar-refractivity contribution in [1.82, 2.24) is 0 Å². The molecule has 7 heteroatoms. The molecule has 1 unspecified atom stereocenters. The summed E-state index contributed by atoms with van der Waals surface area (Å²) >= 11 is 0. The SMILES string of the molecule is F[B-](F)(F)CC1CCCC1(F)F.[K+]. The van der Waals surface area contributed by atoms with Gasteiger partial charge in [-0.05, 0) is 18.8 Å². The van der Waals surface area contributed by atoms with Crippen molar-refractivity contribution in [2.24, 2.45) is 5.92 Å². The van der Waals surface area contributed by atoms with Crippen LogP contribution in [0.15, 0.2) is 0 Å². The molecule has 1 aliphatic carbocycles. The van der Waals surface area contributed by atoms with Crippen LogP contribution in [0.1, 0.15) is 19.3 Å². The Labute approximate surface area is 116 Å². The van der Waals surface area contributed by atoms with E-state index in [4.69, 9.17) is 0 Å². The second-order valence-electron chi connectivity index (χ2n) is 3.30. The predicted octanol–water partition coefficient (Wildman–Crippen LogP) is 0.273. The summed E-state index contributed by atoms with van der Waals surface area (Å²) in [4.78, 5) is 0. The maximum atomic E-state index is 12.6. The van der Waals surface area contributed by atoms with E-state index in [0.29, 0.717) is 0 Å². The third-order valence-electron chi connectivity index (χ3n) is 2.21. The van der Waals surface area contributed by atoms with Gasteiger partial charge in [0.2, 0.25) is 5.92 Å². The van der Waals surface area contributed by atoms with Gasteiger partial charge in [0.25, 0.3) is 0 Å². The molecule has 0 N–H and O–H groups in total. The molecule has 1 fully saturated rings. The molecule has 1 aliphatic rings. The van der Waals surface area contributed by atoms with E-state index in [1.165, 1.54) is 0 Å². The van der Waals surface area contributed by atoms with Gasteiger partial charge in [-0.15, -0.1) is 0 Å². The quantitative estimate of drug-likeness (QED) is 0.468. The van der Waals surface area contributed by atoms with Gasteiger partial charge >= 0.3 is 58.4 Å². The molecule has 0 aromatic heterocycles. The van der Waals surface area contributed by atoms with Gasteiger partial charge in [0.15, 0.2) is 0 Å². The van der Waals surface area contributed by atoms with Crippen molar-refractivity contribution < 1.29 is 73.1 Å². The van der Waals surface area contributed by atoms with Gasteiger partial charge in [-0.25, -0.2) is 8.78 Å². The number of rotatable bonds is 2. The van der Waals surface area contributed by atoms with E-state index in [-0.39, 0.29) is 70.6 Å². The van der Waals surface area contributed by atoms with E-state index >= 15 is 0 Å². The molecule has 0 aromatic carbocycles. The zero-order valence-electron chi connectivity index (χ0n) is 7.37. The molecule has 1 atom stereocenters. The zero-order chi connectivity index (χ0) is 9.41. The molecule has 13 heavy (non-hydrogen) atoms. The van der Waals surface area contributed by atoms with E-state index in [9.17, 15) is 21.7 Å². The van der Waals surface area contributed by atoms with Crippen LogP contribution in [0.4, 0.5) is 21.7 Å². The summed E-state index contributed by atoms with van der Waals surface area (Å²) in [5.41, 5.74) is 0. The fourth-order valence-electron chi connectivity index (χ4n) is 1.61. The standard InChI is InChI=1S/C6H9BF5.K/c8-6(9)3-1-2-5(6)4-7(10,11)12;/h5H,1-4H2;/q-1;+1. The van der Waals surface area contributed by atoms with Crippen molar-refractivity contribution in [3.63, 3.8) is 0 Å². The van der Waals surface area contributed by atoms with Crippen LogP contribution in [0.25, 0.3) is 0 Å². The van der Waals surface area contributed by atoms with Gasteiger partial charge in [0.1, 0.15) is 0 Å². The minimum Gasteiger partial charge on any atom is -0.449 e. The molecular weight excluding hydrogens is 217 g/mol. The number of alkyl halides is 2. The minimum absolute atomic E-state index is 0. The van der Waals surface area contributed by atoms with E-state index < -0.39 is 25.1 Å². The van der Waals surface area contributed by atoms with Gasteiger partial charge < -0.3 is 12.9 Å². The Hall–Kier alpha value is 1.35. The summed E-state index contributed by atoms with van der Waals surface area (Å²) in [6.07, 6.45) is -1.45. The van der Waals surface area contributed by atoms with Crippen molar-refractivity contribution in [2.45, 2.75) is 31.5 Å². The van der Waals surface area contributed by atoms with Crippen LogP contribution < -0.4 is 51.4 Å². The van der Waals surface area contributed by atoms with E-state index in [0.717, 1.165) is 0 Å². The van der Waals surface area contributed by atoms with E-state index in [1.54, 1.807) is 0 Å². The zero-order valence-corrected chi connectivity index (χ0v) is 10.5. The van der Waals surface area contributed by atoms with Gasteiger partial charge in [-0.1, -0.05) is 6.32 Å². The molecule has 0 amide bonds. The van der Waals surface area contributed by atoms with Crippen LogP contribution in [0, 0.1) is 5.92 Å². The van der Waals surface area contributed by atoms with E-state index in [2.05, 4.69) is 0 Å². The number of halogens is 5. The maximum Gasteiger partial charge on any atom is 1.00 e. The Balaban J connectivity index is 0.00000144. The Bertz CT molecular complexity index is 169. The first-order valence-electron chi connectivity index (χ1n) is 3.90. The molecule has 0 aliphatic heterocycles. The van der Waals surface area contributed by atoms with Crippen molar-refractivity contribution in [3.8, 4) is 0 Å². The van der Waals surface area contributed by atoms with Crippen molar-refractivity contribution in [1.29, 1.82) is 0 Å². The predicted molar refractivity (Wildman–Crippen MR) is 36.2 cm³/mol. The van der Waals surface area contributed by atoms with Gasteiger partial charge in [0.05, 0.1) is 0 Å². The minimum atomic E-state index is -5.06. The summed E-state index contributed by atoms with van der Waals surface area (Å²) < 4.78 is 60.6. The Kier molecular flexibility index (Phi) is 5.43. The third-order valence-corrected chi connectivity index (χ3v) is 2.21. The summed E-state index contributed by atoms with van der Waals surface area (Å²) in [7, 11) is 0. The second-order valence-corrected chi connectivity index (χ2v) is 3.30. The Morgan fingerprint density at radius 1 is 1.23 bits per heavy atom. The molecule has 0 bridgehead atoms. The largest absolute Gasteiger partial charge is 1.00 e. The summed E-state index contributed by atoms with van der Waals surface area (Å²) in [6.45, 7) is -5.06. The Morgan fingerprint density at radius 2 is 1.77 bits per heavy atom. The number of hydrogen-bond acceptors (Lipinski definition) is 0. The van der Waals surface area contributed by atoms with Crippen LogP contribution in [0.3, 0.4) is 0 Å². The first kappa shape index (κ1) is 14.4. The number of hydrogen-bond donors (Lipinski definition) is 0. The smallest absolute Gasteiger partial charge is 0.449 e. The topological polar surface area (TPSA) is 0 Å². The Morgan fingerprint density at radius 3 is 2.08 bits per heavy atom. The van der Waals surface area contributed by atoms with Crippen molar-refractivity contribution >= 4 is 6.98 Å². The monoisotopic (exact) mass is 226 g/mol. The van der Waals surface area contributed by atoms with Crippen LogP contribution in [-0.2, 0) is 0 Å². The van der Waals surface area contributed by atoms with Crippen LogP contribution in [0.2, 0.25) is 6.32 Å². The molecule has 0 aromatic rings. The first-order valence-corrected chi connectivity index (χ1v) is 3.90. The van der Waals surface area contributed by atoms with Crippen LogP contribution in [-0.4, -0.2) is 12.9 Å². The molecule has 1 rings (SSSR count). The average Bonchev–Trinajstić information content (AvgIpc) is 2.07. The third kappa shape index (κ3) is 4.59. The molecule has 0 spiro atoms. The molecule has 72 valence electrons. The van der Waals surface area contributed by atoms with Crippen LogP contribution >= 0.6 is 0 Å². The van der Waals surface area contributed by atoms with Gasteiger partial charge in [0, 0.05) is 6.42 Å². The molecule has 1 saturated carbocycles. The van der Waals surface area contributed by atoms with Gasteiger partial charge in [-0.3, -0.25) is 0 Å². The molecule has 0 heterocycles. The average molecular weight is 226 g/mol. The first-order chi connectivity index (χ1) is 5.31. The summed E-state index contributed by atoms with van der Waals surface area (Å²) in [5.74, 6) is -4.55. The second kappa shape index (κ2) is 4.92. The fraction of sp³-hybridized carbons (Fsp3) is 1.00. The molecule has 0 radical (unpaired) electrons. The van der Waals surface area contributed by atoms with Crippen molar-refractivity contribution in [3.05, 3.63) is 0 Å². The molecule has 0 saturated heterocycles. The molecule has 0 nitrogen and oxygen atoms in total. The summed E-state index contributed by atoms with van der Waals surface area (Å²) in [5, 5.41) is 0. The van der Waals surface area contributed by atoms with Crippen molar-refractivity contribution in [2.75, 3.05) is 0 Å².